The molecule has 19 heavy (non-hydrogen) atoms. The average molecular weight is 269 g/mol. The van der Waals surface area contributed by atoms with E-state index in [0.29, 0.717) is 13.0 Å². The van der Waals surface area contributed by atoms with Crippen LogP contribution in [0.25, 0.3) is 0 Å². The van der Waals surface area contributed by atoms with E-state index < -0.39 is 29.7 Å². The molecule has 1 aromatic rings. The molecule has 0 aromatic carbocycles. The van der Waals surface area contributed by atoms with E-state index in [1.54, 1.807) is 0 Å². The van der Waals surface area contributed by atoms with Crippen LogP contribution in [-0.2, 0) is 9.47 Å². The average Bonchev–Trinajstić information content (AvgIpc) is 2.62. The molecule has 8 heteroatoms. The molecule has 104 valence electrons. The summed E-state index contributed by atoms with van der Waals surface area (Å²) in [6.45, 7) is 0.131. The third-order valence-corrected chi connectivity index (χ3v) is 3.72. The number of aliphatic hydroxyl groups is 2. The Morgan fingerprint density at radius 2 is 2.37 bits per heavy atom. The summed E-state index contributed by atoms with van der Waals surface area (Å²) in [7, 11) is 0. The summed E-state index contributed by atoms with van der Waals surface area (Å²) in [5.41, 5.74) is 3.87. The number of nitrogen functional groups attached to an aromatic ring is 1. The summed E-state index contributed by atoms with van der Waals surface area (Å²) in [4.78, 5) is 15.5. The lowest BCUT2D eigenvalue weighted by molar-refractivity contribution is -0.227. The third-order valence-electron chi connectivity index (χ3n) is 3.72. The van der Waals surface area contributed by atoms with Crippen molar-refractivity contribution >= 4 is 5.82 Å². The van der Waals surface area contributed by atoms with Crippen LogP contribution in [0, 0.1) is 0 Å². The predicted molar refractivity (Wildman–Crippen MR) is 63.2 cm³/mol. The Morgan fingerprint density at radius 1 is 1.63 bits per heavy atom. The van der Waals surface area contributed by atoms with Crippen molar-refractivity contribution in [2.45, 2.75) is 30.5 Å². The maximum atomic E-state index is 11.8. The molecule has 0 aliphatic carbocycles. The summed E-state index contributed by atoms with van der Waals surface area (Å²) < 4.78 is 12.2. The van der Waals surface area contributed by atoms with Gasteiger partial charge in [0, 0.05) is 12.6 Å². The highest BCUT2D eigenvalue weighted by Gasteiger charge is 2.61. The lowest BCUT2D eigenvalue weighted by Gasteiger charge is -2.44. The second kappa shape index (κ2) is 4.27. The molecule has 4 N–H and O–H groups in total. The van der Waals surface area contributed by atoms with Crippen molar-refractivity contribution in [1.29, 1.82) is 0 Å². The second-order valence-corrected chi connectivity index (χ2v) is 4.75. The number of ether oxygens (including phenoxy) is 2. The zero-order valence-electron chi connectivity index (χ0n) is 10.1. The highest BCUT2D eigenvalue weighted by molar-refractivity contribution is 5.24. The first-order valence-electron chi connectivity index (χ1n) is 6.01. The molecule has 2 aliphatic rings. The van der Waals surface area contributed by atoms with Gasteiger partial charge < -0.3 is 25.4 Å². The van der Waals surface area contributed by atoms with Crippen LogP contribution < -0.4 is 11.4 Å². The van der Waals surface area contributed by atoms with Gasteiger partial charge in [-0.2, -0.15) is 4.98 Å². The Morgan fingerprint density at radius 3 is 2.89 bits per heavy atom. The summed E-state index contributed by atoms with van der Waals surface area (Å²) in [5, 5.41) is 19.4. The van der Waals surface area contributed by atoms with Crippen molar-refractivity contribution in [3.05, 3.63) is 22.7 Å². The van der Waals surface area contributed by atoms with Crippen LogP contribution in [0.4, 0.5) is 5.82 Å². The van der Waals surface area contributed by atoms with Crippen LogP contribution in [0.5, 0.6) is 0 Å². The summed E-state index contributed by atoms with van der Waals surface area (Å²) >= 11 is 0. The van der Waals surface area contributed by atoms with Crippen LogP contribution in [0.2, 0.25) is 0 Å². The summed E-state index contributed by atoms with van der Waals surface area (Å²) in [6.07, 6.45) is -0.582. The molecule has 0 saturated carbocycles. The Bertz CT molecular complexity index is 541. The Hall–Kier alpha value is -1.48. The van der Waals surface area contributed by atoms with Gasteiger partial charge in [-0.25, -0.2) is 4.79 Å². The Kier molecular flexibility index (Phi) is 2.82. The number of aliphatic hydroxyl groups excluding tert-OH is 2. The number of nitrogens with zero attached hydrogens (tertiary/aromatic N) is 2. The number of hydrogen-bond donors (Lipinski definition) is 3. The van der Waals surface area contributed by atoms with Gasteiger partial charge in [-0.1, -0.05) is 0 Å². The van der Waals surface area contributed by atoms with Crippen LogP contribution in [0.15, 0.2) is 17.1 Å². The quantitative estimate of drug-likeness (QED) is 0.581. The lowest BCUT2D eigenvalue weighted by Crippen LogP contribution is -2.57. The monoisotopic (exact) mass is 269 g/mol. The van der Waals surface area contributed by atoms with E-state index in [2.05, 4.69) is 4.98 Å². The molecule has 1 aromatic heterocycles. The first kappa shape index (κ1) is 12.5. The Labute approximate surface area is 108 Å². The van der Waals surface area contributed by atoms with Crippen molar-refractivity contribution in [3.63, 3.8) is 0 Å². The van der Waals surface area contributed by atoms with Gasteiger partial charge in [-0.05, 0) is 6.07 Å². The third kappa shape index (κ3) is 1.68. The molecule has 2 fully saturated rings. The topological polar surface area (TPSA) is 120 Å². The number of aromatic nitrogens is 2. The second-order valence-electron chi connectivity index (χ2n) is 4.75. The zero-order chi connectivity index (χ0) is 13.6. The van der Waals surface area contributed by atoms with Gasteiger partial charge in [-0.3, -0.25) is 4.57 Å². The number of hydrogen-bond acceptors (Lipinski definition) is 7. The smallest absolute Gasteiger partial charge is 0.351 e. The van der Waals surface area contributed by atoms with E-state index in [1.165, 1.54) is 16.8 Å². The van der Waals surface area contributed by atoms with E-state index in [1.807, 2.05) is 0 Å². The maximum Gasteiger partial charge on any atom is 0.351 e. The number of rotatable bonds is 2. The molecule has 1 spiro atoms. The van der Waals surface area contributed by atoms with Crippen LogP contribution in [-0.4, -0.2) is 50.8 Å². The van der Waals surface area contributed by atoms with Gasteiger partial charge >= 0.3 is 5.69 Å². The number of nitrogens with two attached hydrogens (primary N) is 1. The van der Waals surface area contributed by atoms with E-state index in [0.717, 1.165) is 0 Å². The number of anilines is 1. The minimum Gasteiger partial charge on any atom is -0.394 e. The molecule has 2 saturated heterocycles. The molecule has 2 unspecified atom stereocenters. The standard InChI is InChI=1S/C11H15N3O5/c12-7-1-3-14(10(17)13-7)9-11(2-4-18-11)8(16)6(5-15)19-9/h1,3,6,8-9,15-16H,2,4-5H2,(H2,12,13,17)/t6?,8-,9?,11-/m1/s1. The SMILES string of the molecule is Nc1ccn(C2OC(CO)[C@@H](O)[C@]23CCO3)c(=O)n1. The first-order chi connectivity index (χ1) is 9.08. The van der Waals surface area contributed by atoms with E-state index in [-0.39, 0.29) is 12.4 Å². The fourth-order valence-electron chi connectivity index (χ4n) is 2.63. The van der Waals surface area contributed by atoms with Gasteiger partial charge in [-0.15, -0.1) is 0 Å². The van der Waals surface area contributed by atoms with Gasteiger partial charge in [0.15, 0.2) is 6.23 Å². The minimum absolute atomic E-state index is 0.113. The molecule has 0 bridgehead atoms. The zero-order valence-corrected chi connectivity index (χ0v) is 10.1. The molecule has 3 rings (SSSR count). The van der Waals surface area contributed by atoms with Gasteiger partial charge in [0.2, 0.25) is 0 Å². The van der Waals surface area contributed by atoms with Crippen LogP contribution >= 0.6 is 0 Å². The van der Waals surface area contributed by atoms with Crippen molar-refractivity contribution in [3.8, 4) is 0 Å². The molecule has 0 radical (unpaired) electrons. The molecule has 2 aliphatic heterocycles. The molecular weight excluding hydrogens is 254 g/mol. The Balaban J connectivity index is 2.01. The van der Waals surface area contributed by atoms with Crippen LogP contribution in [0.1, 0.15) is 12.6 Å². The van der Waals surface area contributed by atoms with E-state index in [9.17, 15) is 15.0 Å². The van der Waals surface area contributed by atoms with E-state index in [4.69, 9.17) is 15.2 Å². The summed E-state index contributed by atoms with van der Waals surface area (Å²) in [5.74, 6) is 0.113. The molecule has 0 amide bonds. The fourth-order valence-corrected chi connectivity index (χ4v) is 2.63. The largest absolute Gasteiger partial charge is 0.394 e. The van der Waals surface area contributed by atoms with Crippen molar-refractivity contribution in [2.75, 3.05) is 18.9 Å². The normalized spacial score (nSPS) is 37.5. The van der Waals surface area contributed by atoms with Gasteiger partial charge in [0.1, 0.15) is 23.6 Å². The van der Waals surface area contributed by atoms with Gasteiger partial charge in [0.05, 0.1) is 13.2 Å². The predicted octanol–water partition coefficient (Wildman–Crippen LogP) is -1.76. The van der Waals surface area contributed by atoms with Gasteiger partial charge in [0.25, 0.3) is 0 Å². The van der Waals surface area contributed by atoms with Crippen molar-refractivity contribution in [2.24, 2.45) is 0 Å². The lowest BCUT2D eigenvalue weighted by atomic mass is 9.86. The highest BCUT2D eigenvalue weighted by atomic mass is 16.6. The maximum absolute atomic E-state index is 11.8. The van der Waals surface area contributed by atoms with Crippen LogP contribution in [0.3, 0.4) is 0 Å². The molecule has 4 atom stereocenters. The van der Waals surface area contributed by atoms with E-state index >= 15 is 0 Å². The molecule has 3 heterocycles. The minimum atomic E-state index is -0.991. The molecular formula is C11H15N3O5. The highest BCUT2D eigenvalue weighted by Crippen LogP contribution is 2.47. The summed E-state index contributed by atoms with van der Waals surface area (Å²) in [6, 6.07) is 1.47. The fraction of sp³-hybridized carbons (Fsp3) is 0.636. The first-order valence-corrected chi connectivity index (χ1v) is 6.01. The van der Waals surface area contributed by atoms with Crippen molar-refractivity contribution in [1.82, 2.24) is 9.55 Å². The molecule has 8 nitrogen and oxygen atoms in total. The van der Waals surface area contributed by atoms with Crippen molar-refractivity contribution < 1.29 is 19.7 Å².